The summed E-state index contributed by atoms with van der Waals surface area (Å²) in [6, 6.07) is 54.9. The summed E-state index contributed by atoms with van der Waals surface area (Å²) < 4.78 is 9.54. The third-order valence-electron chi connectivity index (χ3n) is 8.43. The summed E-state index contributed by atoms with van der Waals surface area (Å²) in [5.41, 5.74) is 4.50. The van der Waals surface area contributed by atoms with E-state index in [4.69, 9.17) is 4.98 Å². The first kappa shape index (κ1) is 25.5. The van der Waals surface area contributed by atoms with Crippen molar-refractivity contribution in [2.24, 2.45) is 0 Å². The Morgan fingerprint density at radius 1 is 0.465 bits per heavy atom. The van der Waals surface area contributed by atoms with E-state index in [0.29, 0.717) is 0 Å². The number of fused-ring (bicyclic) bond motifs is 3. The first-order valence-corrected chi connectivity index (χ1v) is 18.7. The summed E-state index contributed by atoms with van der Waals surface area (Å²) >= 11 is -3.54. The van der Waals surface area contributed by atoms with Crippen LogP contribution in [0.4, 0.5) is 0 Å². The molecule has 3 aromatic heterocycles. The molecule has 0 amide bonds. The van der Waals surface area contributed by atoms with Gasteiger partial charge in [0, 0.05) is 0 Å². The van der Waals surface area contributed by atoms with Gasteiger partial charge in [0.15, 0.2) is 0 Å². The van der Waals surface area contributed by atoms with Crippen molar-refractivity contribution >= 4 is 52.8 Å². The standard InChI is InChI=1S/C38H28GeN4/c1-3-13-29(14-4-1)39(30-15-5-2-6-16-30,38-21-9-10-24-40-38)31-22-23-35-34-19-7-8-20-36(34)43(37(35)27-31)33-18-11-17-32(28-33)42-26-12-25-41-42/h1-28H. The van der Waals surface area contributed by atoms with E-state index in [9.17, 15) is 0 Å². The molecule has 204 valence electrons. The van der Waals surface area contributed by atoms with Crippen LogP contribution in [0.15, 0.2) is 170 Å². The van der Waals surface area contributed by atoms with Gasteiger partial charge in [-0.05, 0) is 0 Å². The van der Waals surface area contributed by atoms with Gasteiger partial charge in [-0.2, -0.15) is 0 Å². The Balaban J connectivity index is 1.47. The zero-order valence-electron chi connectivity index (χ0n) is 23.5. The zero-order valence-corrected chi connectivity index (χ0v) is 25.6. The molecule has 8 aromatic rings. The van der Waals surface area contributed by atoms with Crippen molar-refractivity contribution in [2.75, 3.05) is 0 Å². The van der Waals surface area contributed by atoms with Crippen molar-refractivity contribution in [1.82, 2.24) is 19.3 Å². The second kappa shape index (κ2) is 10.6. The maximum atomic E-state index is 5.09. The van der Waals surface area contributed by atoms with Crippen LogP contribution in [0.25, 0.3) is 33.2 Å². The molecule has 0 aliphatic heterocycles. The van der Waals surface area contributed by atoms with Gasteiger partial charge in [-0.15, -0.1) is 0 Å². The van der Waals surface area contributed by atoms with Gasteiger partial charge in [0.05, 0.1) is 0 Å². The fourth-order valence-electron chi connectivity index (χ4n) is 6.58. The first-order valence-electron chi connectivity index (χ1n) is 14.5. The summed E-state index contributed by atoms with van der Waals surface area (Å²) in [5.74, 6) is 0. The second-order valence-electron chi connectivity index (χ2n) is 10.8. The molecule has 4 nitrogen and oxygen atoms in total. The predicted octanol–water partition coefficient (Wildman–Crippen LogP) is 5.74. The molecule has 43 heavy (non-hydrogen) atoms. The van der Waals surface area contributed by atoms with Crippen LogP contribution in [-0.2, 0) is 0 Å². The third kappa shape index (κ3) is 4.14. The monoisotopic (exact) mass is 614 g/mol. The first-order chi connectivity index (χ1) is 21.3. The van der Waals surface area contributed by atoms with Gasteiger partial charge >= 0.3 is 254 Å². The Hall–Kier alpha value is -5.20. The van der Waals surface area contributed by atoms with Crippen LogP contribution < -0.4 is 17.7 Å². The summed E-state index contributed by atoms with van der Waals surface area (Å²) in [7, 11) is 0. The molecule has 0 radical (unpaired) electrons. The van der Waals surface area contributed by atoms with Crippen molar-refractivity contribution in [3.63, 3.8) is 0 Å². The number of aromatic nitrogens is 4. The van der Waals surface area contributed by atoms with Gasteiger partial charge in [-0.3, -0.25) is 0 Å². The number of para-hydroxylation sites is 1. The van der Waals surface area contributed by atoms with Crippen LogP contribution in [-0.4, -0.2) is 32.6 Å². The topological polar surface area (TPSA) is 35.6 Å². The van der Waals surface area contributed by atoms with Crippen molar-refractivity contribution in [3.8, 4) is 11.4 Å². The van der Waals surface area contributed by atoms with Crippen LogP contribution in [0, 0.1) is 0 Å². The normalized spacial score (nSPS) is 11.7. The predicted molar refractivity (Wildman–Crippen MR) is 179 cm³/mol. The van der Waals surface area contributed by atoms with Crippen LogP contribution in [0.5, 0.6) is 0 Å². The molecule has 0 spiro atoms. The van der Waals surface area contributed by atoms with E-state index in [1.54, 1.807) is 0 Å². The number of pyridine rings is 1. The number of hydrogen-bond donors (Lipinski definition) is 0. The molecule has 0 bridgehead atoms. The molecule has 0 unspecified atom stereocenters. The number of rotatable bonds is 6. The van der Waals surface area contributed by atoms with E-state index in [1.165, 1.54) is 39.5 Å². The van der Waals surface area contributed by atoms with Gasteiger partial charge < -0.3 is 0 Å². The minimum atomic E-state index is -3.54. The van der Waals surface area contributed by atoms with Crippen molar-refractivity contribution in [1.29, 1.82) is 0 Å². The average molecular weight is 613 g/mol. The SMILES string of the molecule is c1cc[c]([Ge]([c]2ccccc2)([c]2ccc3c4ccccc4n(-c4cccc(-n5cccn5)c4)c3c2)[c]2ccccn2)cc1. The molecular formula is C38H28GeN4. The van der Waals surface area contributed by atoms with Crippen molar-refractivity contribution in [3.05, 3.63) is 170 Å². The number of benzene rings is 5. The summed E-state index contributed by atoms with van der Waals surface area (Å²) in [6.07, 6.45) is 5.74. The zero-order chi connectivity index (χ0) is 28.6. The molecule has 0 saturated heterocycles. The number of hydrogen-bond acceptors (Lipinski definition) is 2. The second-order valence-corrected chi connectivity index (χ2v) is 18.6. The third-order valence-corrected chi connectivity index (χ3v) is 18.2. The molecule has 0 atom stereocenters. The Kier molecular flexibility index (Phi) is 6.27. The molecule has 5 heteroatoms. The van der Waals surface area contributed by atoms with E-state index < -0.39 is 13.3 Å². The quantitative estimate of drug-likeness (QED) is 0.225. The molecule has 3 heterocycles. The Labute approximate surface area is 252 Å². The van der Waals surface area contributed by atoms with Gasteiger partial charge in [0.25, 0.3) is 0 Å². The van der Waals surface area contributed by atoms with E-state index in [0.717, 1.165) is 11.4 Å². The molecule has 0 saturated carbocycles. The van der Waals surface area contributed by atoms with Crippen molar-refractivity contribution in [2.45, 2.75) is 0 Å². The van der Waals surface area contributed by atoms with Gasteiger partial charge in [0.2, 0.25) is 0 Å². The van der Waals surface area contributed by atoms with Crippen LogP contribution in [0.2, 0.25) is 0 Å². The summed E-state index contributed by atoms with van der Waals surface area (Å²) in [6.45, 7) is 0. The molecule has 8 rings (SSSR count). The Morgan fingerprint density at radius 2 is 1.16 bits per heavy atom. The number of nitrogens with zero attached hydrogens (tertiary/aromatic N) is 4. The van der Waals surface area contributed by atoms with Crippen molar-refractivity contribution < 1.29 is 0 Å². The molecule has 0 aliphatic carbocycles. The summed E-state index contributed by atoms with van der Waals surface area (Å²) in [4.78, 5) is 5.09. The Bertz CT molecular complexity index is 2070. The Morgan fingerprint density at radius 3 is 1.88 bits per heavy atom. The average Bonchev–Trinajstić information content (AvgIpc) is 3.74. The maximum absolute atomic E-state index is 5.09. The molecule has 0 aliphatic rings. The fourth-order valence-corrected chi connectivity index (χ4v) is 16.2. The van der Waals surface area contributed by atoms with E-state index >= 15 is 0 Å². The summed E-state index contributed by atoms with van der Waals surface area (Å²) in [5, 5.41) is 6.97. The molecular weight excluding hydrogens is 585 g/mol. The van der Waals surface area contributed by atoms with Gasteiger partial charge in [0.1, 0.15) is 0 Å². The molecule has 0 N–H and O–H groups in total. The van der Waals surface area contributed by atoms with E-state index in [-0.39, 0.29) is 0 Å². The van der Waals surface area contributed by atoms with Gasteiger partial charge in [-0.25, -0.2) is 0 Å². The van der Waals surface area contributed by atoms with Crippen LogP contribution in [0.1, 0.15) is 0 Å². The molecule has 5 aromatic carbocycles. The van der Waals surface area contributed by atoms with Crippen LogP contribution in [0.3, 0.4) is 0 Å². The van der Waals surface area contributed by atoms with Gasteiger partial charge in [-0.1, -0.05) is 0 Å². The van der Waals surface area contributed by atoms with Crippen LogP contribution >= 0.6 is 0 Å². The van der Waals surface area contributed by atoms with E-state index in [1.807, 2.05) is 35.4 Å². The minimum absolute atomic E-state index is 1.03. The fraction of sp³-hybridized carbons (Fsp3) is 0. The van der Waals surface area contributed by atoms with E-state index in [2.05, 4.69) is 149 Å². The molecule has 0 fully saturated rings.